The van der Waals surface area contributed by atoms with E-state index in [0.717, 1.165) is 12.1 Å². The van der Waals surface area contributed by atoms with E-state index in [-0.39, 0.29) is 24.0 Å². The monoisotopic (exact) mass is 338 g/mol. The highest BCUT2D eigenvalue weighted by molar-refractivity contribution is 6.30. The van der Waals surface area contributed by atoms with Crippen molar-refractivity contribution in [1.29, 1.82) is 0 Å². The van der Waals surface area contributed by atoms with Crippen molar-refractivity contribution in [3.05, 3.63) is 34.9 Å². The van der Waals surface area contributed by atoms with Crippen LogP contribution in [-0.4, -0.2) is 55.9 Å². The molecule has 4 unspecified atom stereocenters. The number of halogens is 1. The molecule has 2 aliphatic heterocycles. The number of rotatable bonds is 3. The van der Waals surface area contributed by atoms with Crippen LogP contribution in [0.2, 0.25) is 5.02 Å². The molecule has 7 heteroatoms. The first-order valence-corrected chi connectivity index (χ1v) is 8.29. The van der Waals surface area contributed by atoms with Crippen LogP contribution < -0.4 is 16.2 Å². The molecule has 0 saturated carbocycles. The Kier molecular flexibility index (Phi) is 5.18. The molecule has 0 radical (unpaired) electrons. The SMILES string of the molecule is CC1NNC(NC(=O)C2CN(C)CCO2)C1c1cccc(Cl)c1. The van der Waals surface area contributed by atoms with Gasteiger partial charge in [0.15, 0.2) is 0 Å². The maximum atomic E-state index is 12.5. The van der Waals surface area contributed by atoms with E-state index in [1.54, 1.807) is 0 Å². The van der Waals surface area contributed by atoms with Gasteiger partial charge in [0, 0.05) is 30.1 Å². The largest absolute Gasteiger partial charge is 0.366 e. The predicted molar refractivity (Wildman–Crippen MR) is 89.1 cm³/mol. The van der Waals surface area contributed by atoms with Gasteiger partial charge in [0.25, 0.3) is 5.91 Å². The van der Waals surface area contributed by atoms with Gasteiger partial charge in [0.1, 0.15) is 12.3 Å². The lowest BCUT2D eigenvalue weighted by Gasteiger charge is -2.31. The third-order valence-corrected chi connectivity index (χ3v) is 4.69. The lowest BCUT2D eigenvalue weighted by Crippen LogP contribution is -2.54. The van der Waals surface area contributed by atoms with Crippen molar-refractivity contribution in [2.75, 3.05) is 26.7 Å². The summed E-state index contributed by atoms with van der Waals surface area (Å²) in [6.07, 6.45) is -0.627. The zero-order valence-electron chi connectivity index (χ0n) is 13.4. The van der Waals surface area contributed by atoms with Crippen LogP contribution in [-0.2, 0) is 9.53 Å². The van der Waals surface area contributed by atoms with Crippen molar-refractivity contribution in [3.8, 4) is 0 Å². The van der Waals surface area contributed by atoms with Gasteiger partial charge in [-0.05, 0) is 31.7 Å². The van der Waals surface area contributed by atoms with Crippen LogP contribution in [0.5, 0.6) is 0 Å². The maximum absolute atomic E-state index is 12.5. The van der Waals surface area contributed by atoms with Crippen molar-refractivity contribution in [2.24, 2.45) is 0 Å². The van der Waals surface area contributed by atoms with Crippen molar-refractivity contribution in [1.82, 2.24) is 21.1 Å². The fourth-order valence-electron chi connectivity index (χ4n) is 3.19. The lowest BCUT2D eigenvalue weighted by atomic mass is 9.91. The summed E-state index contributed by atoms with van der Waals surface area (Å²) >= 11 is 6.11. The Bertz CT molecular complexity index is 571. The highest BCUT2D eigenvalue weighted by atomic mass is 35.5. The molecule has 126 valence electrons. The van der Waals surface area contributed by atoms with E-state index in [1.165, 1.54) is 0 Å². The van der Waals surface area contributed by atoms with Crippen LogP contribution in [0.3, 0.4) is 0 Å². The normalized spacial score (nSPS) is 32.0. The zero-order valence-corrected chi connectivity index (χ0v) is 14.1. The Balaban J connectivity index is 1.70. The number of nitrogens with one attached hydrogen (secondary N) is 3. The molecule has 1 aromatic rings. The van der Waals surface area contributed by atoms with Crippen molar-refractivity contribution in [3.63, 3.8) is 0 Å². The quantitative estimate of drug-likeness (QED) is 0.757. The number of hydrazine groups is 1. The number of morpholine rings is 1. The van der Waals surface area contributed by atoms with Crippen LogP contribution in [0.15, 0.2) is 24.3 Å². The smallest absolute Gasteiger partial charge is 0.251 e. The third-order valence-electron chi connectivity index (χ3n) is 4.46. The van der Waals surface area contributed by atoms with E-state index in [9.17, 15) is 4.79 Å². The molecule has 4 atom stereocenters. The summed E-state index contributed by atoms with van der Waals surface area (Å²) in [5.41, 5.74) is 7.45. The highest BCUT2D eigenvalue weighted by Crippen LogP contribution is 2.28. The van der Waals surface area contributed by atoms with Crippen LogP contribution in [0, 0.1) is 0 Å². The van der Waals surface area contributed by atoms with Gasteiger partial charge in [-0.15, -0.1) is 0 Å². The number of nitrogens with zero attached hydrogens (tertiary/aromatic N) is 1. The number of likely N-dealkylation sites (N-methyl/N-ethyl adjacent to an activating group) is 1. The molecule has 2 saturated heterocycles. The second-order valence-corrected chi connectivity index (χ2v) is 6.70. The number of carbonyl (C=O) groups excluding carboxylic acids is 1. The Morgan fingerprint density at radius 2 is 2.26 bits per heavy atom. The standard InChI is InChI=1S/C16H23ClN4O2/c1-10-14(11-4-3-5-12(17)8-11)15(20-19-10)18-16(22)13-9-21(2)6-7-23-13/h3-5,8,10,13-15,19-20H,6-7,9H2,1-2H3,(H,18,22). The number of ether oxygens (including phenoxy) is 1. The molecule has 0 spiro atoms. The Morgan fingerprint density at radius 3 is 3.00 bits per heavy atom. The summed E-state index contributed by atoms with van der Waals surface area (Å²) in [7, 11) is 2.00. The van der Waals surface area contributed by atoms with Crippen molar-refractivity contribution >= 4 is 17.5 Å². The molecule has 3 rings (SSSR count). The maximum Gasteiger partial charge on any atom is 0.251 e. The van der Waals surface area contributed by atoms with Gasteiger partial charge in [0.05, 0.1) is 6.61 Å². The first-order chi connectivity index (χ1) is 11.0. The average Bonchev–Trinajstić information content (AvgIpc) is 2.88. The van der Waals surface area contributed by atoms with Crippen molar-refractivity contribution < 1.29 is 9.53 Å². The first-order valence-electron chi connectivity index (χ1n) is 7.91. The summed E-state index contributed by atoms with van der Waals surface area (Å²) in [6.45, 7) is 4.13. The predicted octanol–water partition coefficient (Wildman–Crippen LogP) is 0.693. The van der Waals surface area contributed by atoms with E-state index in [4.69, 9.17) is 16.3 Å². The Labute approximate surface area is 141 Å². The molecule has 0 aromatic heterocycles. The molecular weight excluding hydrogens is 316 g/mol. The molecule has 2 aliphatic rings. The second-order valence-electron chi connectivity index (χ2n) is 6.27. The topological polar surface area (TPSA) is 65.6 Å². The molecule has 0 aliphatic carbocycles. The molecule has 23 heavy (non-hydrogen) atoms. The second kappa shape index (κ2) is 7.15. The first kappa shape index (κ1) is 16.7. The van der Waals surface area contributed by atoms with Gasteiger partial charge in [-0.25, -0.2) is 5.43 Å². The minimum atomic E-state index is -0.425. The van der Waals surface area contributed by atoms with Gasteiger partial charge in [-0.1, -0.05) is 23.7 Å². The van der Waals surface area contributed by atoms with E-state index >= 15 is 0 Å². The molecule has 1 amide bonds. The molecule has 1 aromatic carbocycles. The number of hydrogen-bond acceptors (Lipinski definition) is 5. The minimum Gasteiger partial charge on any atom is -0.366 e. The van der Waals surface area contributed by atoms with Crippen LogP contribution in [0.1, 0.15) is 18.4 Å². The molecule has 0 bridgehead atoms. The number of amides is 1. The summed E-state index contributed by atoms with van der Waals surface area (Å²) < 4.78 is 5.58. The highest BCUT2D eigenvalue weighted by Gasteiger charge is 2.37. The van der Waals surface area contributed by atoms with E-state index < -0.39 is 6.10 Å². The lowest BCUT2D eigenvalue weighted by molar-refractivity contribution is -0.138. The number of carbonyl (C=O) groups is 1. The van der Waals surface area contributed by atoms with Crippen LogP contribution in [0.4, 0.5) is 0 Å². The van der Waals surface area contributed by atoms with Gasteiger partial charge in [-0.3, -0.25) is 10.2 Å². The van der Waals surface area contributed by atoms with Gasteiger partial charge in [-0.2, -0.15) is 0 Å². The van der Waals surface area contributed by atoms with Crippen molar-refractivity contribution in [2.45, 2.75) is 31.2 Å². The molecular formula is C16H23ClN4O2. The van der Waals surface area contributed by atoms with E-state index in [0.29, 0.717) is 18.2 Å². The molecule has 2 fully saturated rings. The van der Waals surface area contributed by atoms with Gasteiger partial charge < -0.3 is 15.0 Å². The summed E-state index contributed by atoms with van der Waals surface area (Å²) in [4.78, 5) is 14.6. The summed E-state index contributed by atoms with van der Waals surface area (Å²) in [5, 5.41) is 3.76. The summed E-state index contributed by atoms with van der Waals surface area (Å²) in [5.74, 6) is 0.0101. The Hall–Kier alpha value is -1.18. The summed E-state index contributed by atoms with van der Waals surface area (Å²) in [6, 6.07) is 7.94. The van der Waals surface area contributed by atoms with Gasteiger partial charge in [0.2, 0.25) is 0 Å². The van der Waals surface area contributed by atoms with E-state index in [2.05, 4.69) is 28.0 Å². The zero-order chi connectivity index (χ0) is 16.4. The molecule has 2 heterocycles. The van der Waals surface area contributed by atoms with Crippen LogP contribution >= 0.6 is 11.6 Å². The molecule has 6 nitrogen and oxygen atoms in total. The average molecular weight is 339 g/mol. The van der Waals surface area contributed by atoms with Crippen LogP contribution in [0.25, 0.3) is 0 Å². The Morgan fingerprint density at radius 1 is 1.43 bits per heavy atom. The van der Waals surface area contributed by atoms with E-state index in [1.807, 2.05) is 31.3 Å². The van der Waals surface area contributed by atoms with Gasteiger partial charge >= 0.3 is 0 Å². The molecule has 3 N–H and O–H groups in total. The number of benzene rings is 1. The number of hydrogen-bond donors (Lipinski definition) is 3. The fourth-order valence-corrected chi connectivity index (χ4v) is 3.39. The minimum absolute atomic E-state index is 0.0861. The fraction of sp³-hybridized carbons (Fsp3) is 0.562. The third kappa shape index (κ3) is 3.84.